The van der Waals surface area contributed by atoms with Crippen LogP contribution in [0.25, 0.3) is 0 Å². The fourth-order valence-electron chi connectivity index (χ4n) is 1.95. The lowest BCUT2D eigenvalue weighted by atomic mass is 10.2. The van der Waals surface area contributed by atoms with E-state index in [1.165, 1.54) is 0 Å². The van der Waals surface area contributed by atoms with Crippen LogP contribution in [-0.2, 0) is 6.61 Å². The highest BCUT2D eigenvalue weighted by atomic mass is 32.1. The third-order valence-electron chi connectivity index (χ3n) is 3.11. The number of nitrogens with one attached hydrogen (secondary N) is 2. The summed E-state index contributed by atoms with van der Waals surface area (Å²) >= 11 is 4.96. The number of nitrogens with zero attached hydrogens (tertiary/aromatic N) is 1. The van der Waals surface area contributed by atoms with Gasteiger partial charge < -0.3 is 14.8 Å². The van der Waals surface area contributed by atoms with Gasteiger partial charge in [-0.15, -0.1) is 0 Å². The van der Waals surface area contributed by atoms with Gasteiger partial charge in [-0.1, -0.05) is 30.3 Å². The summed E-state index contributed by atoms with van der Waals surface area (Å²) in [7, 11) is 1.73. The Morgan fingerprint density at radius 3 is 2.62 bits per heavy atom. The third kappa shape index (κ3) is 5.55. The van der Waals surface area contributed by atoms with Gasteiger partial charge in [0.05, 0.1) is 12.8 Å². The van der Waals surface area contributed by atoms with E-state index in [-0.39, 0.29) is 0 Å². The van der Waals surface area contributed by atoms with E-state index in [2.05, 4.69) is 15.8 Å². The van der Waals surface area contributed by atoms with Crippen molar-refractivity contribution in [3.63, 3.8) is 0 Å². The number of hydrazone groups is 1. The quantitative estimate of drug-likeness (QED) is 0.460. The van der Waals surface area contributed by atoms with Gasteiger partial charge in [0.25, 0.3) is 0 Å². The van der Waals surface area contributed by atoms with Crippen molar-refractivity contribution in [1.82, 2.24) is 10.7 Å². The summed E-state index contributed by atoms with van der Waals surface area (Å²) in [5, 5.41) is 7.31. The molecule has 6 heteroatoms. The van der Waals surface area contributed by atoms with Crippen LogP contribution in [0.3, 0.4) is 0 Å². The summed E-state index contributed by atoms with van der Waals surface area (Å²) in [4.78, 5) is 0. The molecular formula is C18H21N3O2S. The van der Waals surface area contributed by atoms with Gasteiger partial charge in [-0.2, -0.15) is 5.10 Å². The second-order valence-corrected chi connectivity index (χ2v) is 5.27. The Morgan fingerprint density at radius 1 is 1.12 bits per heavy atom. The molecule has 0 fully saturated rings. The molecule has 2 rings (SSSR count). The highest BCUT2D eigenvalue weighted by molar-refractivity contribution is 7.80. The molecule has 0 aliphatic rings. The molecular weight excluding hydrogens is 322 g/mol. The Bertz CT molecular complexity index is 690. The number of hydrogen-bond acceptors (Lipinski definition) is 4. The highest BCUT2D eigenvalue weighted by Gasteiger charge is 2.06. The van der Waals surface area contributed by atoms with Crippen LogP contribution in [0, 0.1) is 0 Å². The van der Waals surface area contributed by atoms with Gasteiger partial charge in [0, 0.05) is 7.05 Å². The predicted molar refractivity (Wildman–Crippen MR) is 101 cm³/mol. The molecule has 0 heterocycles. The van der Waals surface area contributed by atoms with E-state index in [0.717, 1.165) is 11.1 Å². The Hall–Kier alpha value is -2.60. The van der Waals surface area contributed by atoms with Gasteiger partial charge in [-0.3, -0.25) is 5.43 Å². The van der Waals surface area contributed by atoms with Crippen molar-refractivity contribution in [2.45, 2.75) is 13.5 Å². The monoisotopic (exact) mass is 343 g/mol. The number of thiocarbonyl (C=S) groups is 1. The Balaban J connectivity index is 2.06. The molecule has 2 aromatic rings. The van der Waals surface area contributed by atoms with Gasteiger partial charge in [0.2, 0.25) is 0 Å². The summed E-state index contributed by atoms with van der Waals surface area (Å²) in [6, 6.07) is 15.7. The zero-order chi connectivity index (χ0) is 17.2. The Labute approximate surface area is 147 Å². The lowest BCUT2D eigenvalue weighted by Gasteiger charge is -2.12. The highest BCUT2D eigenvalue weighted by Crippen LogP contribution is 2.28. The average Bonchev–Trinajstić information content (AvgIpc) is 2.62. The SMILES string of the molecule is CCOc1cc(C=NNC(=S)NC)ccc1OCc1ccccc1. The van der Waals surface area contributed by atoms with Gasteiger partial charge in [-0.25, -0.2) is 0 Å². The molecule has 0 atom stereocenters. The first-order chi connectivity index (χ1) is 11.7. The van der Waals surface area contributed by atoms with Crippen LogP contribution in [0.4, 0.5) is 0 Å². The first-order valence-corrected chi connectivity index (χ1v) is 8.08. The van der Waals surface area contributed by atoms with Crippen LogP contribution < -0.4 is 20.2 Å². The minimum Gasteiger partial charge on any atom is -0.490 e. The summed E-state index contributed by atoms with van der Waals surface area (Å²) in [6.45, 7) is 2.99. The first kappa shape index (κ1) is 17.7. The van der Waals surface area contributed by atoms with Crippen molar-refractivity contribution in [3.8, 4) is 11.5 Å². The fourth-order valence-corrected chi connectivity index (χ4v) is 2.00. The zero-order valence-electron chi connectivity index (χ0n) is 13.8. The summed E-state index contributed by atoms with van der Waals surface area (Å²) in [6.07, 6.45) is 1.67. The predicted octanol–water partition coefficient (Wildman–Crippen LogP) is 3.09. The van der Waals surface area contributed by atoms with E-state index in [0.29, 0.717) is 29.8 Å². The van der Waals surface area contributed by atoms with Gasteiger partial charge in [0.1, 0.15) is 6.61 Å². The summed E-state index contributed by atoms with van der Waals surface area (Å²) in [5.74, 6) is 1.39. The van der Waals surface area contributed by atoms with Crippen LogP contribution in [0.15, 0.2) is 53.6 Å². The maximum Gasteiger partial charge on any atom is 0.186 e. The van der Waals surface area contributed by atoms with Gasteiger partial charge in [0.15, 0.2) is 16.6 Å². The zero-order valence-corrected chi connectivity index (χ0v) is 14.6. The molecule has 0 saturated heterocycles. The van der Waals surface area contributed by atoms with Crippen molar-refractivity contribution in [1.29, 1.82) is 0 Å². The van der Waals surface area contributed by atoms with Crippen molar-refractivity contribution in [2.24, 2.45) is 5.10 Å². The molecule has 0 unspecified atom stereocenters. The second kappa shape index (κ2) is 9.52. The normalized spacial score (nSPS) is 10.4. The molecule has 0 aliphatic heterocycles. The van der Waals surface area contributed by atoms with E-state index < -0.39 is 0 Å². The first-order valence-electron chi connectivity index (χ1n) is 7.67. The summed E-state index contributed by atoms with van der Waals surface area (Å²) in [5.41, 5.74) is 4.70. The van der Waals surface area contributed by atoms with E-state index in [9.17, 15) is 0 Å². The Morgan fingerprint density at radius 2 is 1.92 bits per heavy atom. The second-order valence-electron chi connectivity index (χ2n) is 4.86. The van der Waals surface area contributed by atoms with Gasteiger partial charge in [-0.05, 0) is 48.5 Å². The maximum absolute atomic E-state index is 5.87. The molecule has 5 nitrogen and oxygen atoms in total. The fraction of sp³-hybridized carbons (Fsp3) is 0.222. The molecule has 24 heavy (non-hydrogen) atoms. The van der Waals surface area contributed by atoms with Crippen molar-refractivity contribution < 1.29 is 9.47 Å². The molecule has 2 aromatic carbocycles. The van der Waals surface area contributed by atoms with Crippen molar-refractivity contribution in [3.05, 3.63) is 59.7 Å². The molecule has 0 spiro atoms. The number of hydrogen-bond donors (Lipinski definition) is 2. The lowest BCUT2D eigenvalue weighted by molar-refractivity contribution is 0.269. The van der Waals surface area contributed by atoms with Gasteiger partial charge >= 0.3 is 0 Å². The number of rotatable bonds is 7. The molecule has 0 bridgehead atoms. The summed E-state index contributed by atoms with van der Waals surface area (Å²) < 4.78 is 11.5. The van der Waals surface area contributed by atoms with Crippen molar-refractivity contribution >= 4 is 23.5 Å². The minimum atomic E-state index is 0.457. The van der Waals surface area contributed by atoms with E-state index in [4.69, 9.17) is 21.7 Å². The van der Waals surface area contributed by atoms with Crippen LogP contribution in [0.1, 0.15) is 18.1 Å². The molecule has 0 radical (unpaired) electrons. The van der Waals surface area contributed by atoms with E-state index in [1.54, 1.807) is 13.3 Å². The molecule has 2 N–H and O–H groups in total. The van der Waals surface area contributed by atoms with E-state index in [1.807, 2.05) is 55.5 Å². The third-order valence-corrected chi connectivity index (χ3v) is 3.41. The van der Waals surface area contributed by atoms with E-state index >= 15 is 0 Å². The van der Waals surface area contributed by atoms with Crippen LogP contribution >= 0.6 is 12.2 Å². The largest absolute Gasteiger partial charge is 0.490 e. The maximum atomic E-state index is 5.87. The van der Waals surface area contributed by atoms with Crippen LogP contribution in [0.2, 0.25) is 0 Å². The molecule has 0 aliphatic carbocycles. The average molecular weight is 343 g/mol. The molecule has 126 valence electrons. The topological polar surface area (TPSA) is 54.9 Å². The minimum absolute atomic E-state index is 0.457. The molecule has 0 aromatic heterocycles. The Kier molecular flexibility index (Phi) is 7.04. The number of benzene rings is 2. The lowest BCUT2D eigenvalue weighted by Crippen LogP contribution is -2.28. The van der Waals surface area contributed by atoms with Crippen LogP contribution in [-0.4, -0.2) is 25.0 Å². The number of ether oxygens (including phenoxy) is 2. The molecule has 0 saturated carbocycles. The standard InChI is InChI=1S/C18H21N3O2S/c1-3-22-17-11-15(12-20-21-18(24)19-2)9-10-16(17)23-13-14-7-5-4-6-8-14/h4-12H,3,13H2,1-2H3,(H2,19,21,24). The smallest absolute Gasteiger partial charge is 0.186 e. The van der Waals surface area contributed by atoms with Crippen molar-refractivity contribution in [2.75, 3.05) is 13.7 Å². The molecule has 0 amide bonds. The van der Waals surface area contributed by atoms with Crippen LogP contribution in [0.5, 0.6) is 11.5 Å².